The van der Waals surface area contributed by atoms with Crippen molar-refractivity contribution in [3.05, 3.63) is 248 Å². The van der Waals surface area contributed by atoms with Gasteiger partial charge in [-0.05, 0) is 105 Å². The Kier molecular flexibility index (Phi) is 8.81. The van der Waals surface area contributed by atoms with E-state index in [2.05, 4.69) is 107 Å². The summed E-state index contributed by atoms with van der Waals surface area (Å²) >= 11 is 0. The van der Waals surface area contributed by atoms with E-state index in [1.165, 1.54) is 5.56 Å². The molecule has 0 aliphatic rings. The molecular weight excluding hydrogens is 929 g/mol. The third-order valence-electron chi connectivity index (χ3n) is 14.2. The van der Waals surface area contributed by atoms with Gasteiger partial charge in [-0.3, -0.25) is 4.57 Å². The molecule has 6 nitrogen and oxygen atoms in total. The first-order valence-corrected chi connectivity index (χ1v) is 25.4. The first kappa shape index (κ1) is 36.6. The third-order valence-corrected chi connectivity index (χ3v) is 14.2. The van der Waals surface area contributed by atoms with E-state index < -0.39 is 60.4 Å². The zero-order chi connectivity index (χ0) is 60.4. The van der Waals surface area contributed by atoms with Crippen molar-refractivity contribution in [1.29, 1.82) is 0 Å². The predicted molar refractivity (Wildman–Crippen MR) is 312 cm³/mol. The molecule has 0 N–H and O–H groups in total. The fourth-order valence-corrected chi connectivity index (χ4v) is 10.3. The van der Waals surface area contributed by atoms with Gasteiger partial charge in [0, 0.05) is 39.1 Å². The first-order valence-electron chi connectivity index (χ1n) is 30.4. The number of hydrogen-bond acceptors (Lipinski definition) is 3. The van der Waals surface area contributed by atoms with E-state index in [4.69, 9.17) is 22.4 Å². The maximum absolute atomic E-state index is 9.22. The van der Waals surface area contributed by atoms with Crippen molar-refractivity contribution in [2.24, 2.45) is 0 Å². The van der Waals surface area contributed by atoms with Crippen LogP contribution in [0.3, 0.4) is 0 Å². The Morgan fingerprint density at radius 2 is 1.14 bits per heavy atom. The van der Waals surface area contributed by atoms with Gasteiger partial charge >= 0.3 is 0 Å². The molecule has 0 spiro atoms. The Morgan fingerprint density at radius 3 is 1.87 bits per heavy atom. The van der Waals surface area contributed by atoms with E-state index in [1.54, 1.807) is 29.1 Å². The smallest absolute Gasteiger partial charge is 0.255 e. The van der Waals surface area contributed by atoms with Crippen molar-refractivity contribution >= 4 is 44.0 Å². The summed E-state index contributed by atoms with van der Waals surface area (Å²) in [5.41, 5.74) is 10.6. The van der Waals surface area contributed by atoms with E-state index in [9.17, 15) is 5.48 Å². The summed E-state index contributed by atoms with van der Waals surface area (Å²) in [5.74, 6) is 1.76. The molecule has 3 aromatic heterocycles. The molecule has 3 heterocycles. The Hall–Kier alpha value is -9.26. The van der Waals surface area contributed by atoms with Crippen molar-refractivity contribution in [3.8, 4) is 73.3 Å². The van der Waals surface area contributed by atoms with Crippen molar-refractivity contribution < 1.29 is 27.4 Å². The topological polar surface area (TPSA) is 49.0 Å². The molecule has 76 heavy (non-hydrogen) atoms. The van der Waals surface area contributed by atoms with Crippen LogP contribution in [0.1, 0.15) is 66.4 Å². The van der Waals surface area contributed by atoms with Crippen LogP contribution < -0.4 is 9.30 Å². The minimum atomic E-state index is -0.575. The van der Waals surface area contributed by atoms with E-state index in [-0.39, 0.29) is 38.8 Å². The van der Waals surface area contributed by atoms with Crippen molar-refractivity contribution in [2.75, 3.05) is 0 Å². The quantitative estimate of drug-likeness (QED) is 0.135. The molecule has 0 radical (unpaired) electrons. The second-order valence-electron chi connectivity index (χ2n) is 21.2. The summed E-state index contributed by atoms with van der Waals surface area (Å²) in [6.07, 6.45) is 1.78. The van der Waals surface area contributed by atoms with Crippen LogP contribution in [0.15, 0.2) is 241 Å². The van der Waals surface area contributed by atoms with Gasteiger partial charge in [-0.1, -0.05) is 199 Å². The summed E-state index contributed by atoms with van der Waals surface area (Å²) in [5, 5.41) is 1.58. The van der Waals surface area contributed by atoms with E-state index in [0.717, 1.165) is 55.6 Å². The van der Waals surface area contributed by atoms with E-state index in [1.807, 2.05) is 95.6 Å². The van der Waals surface area contributed by atoms with Gasteiger partial charge in [0.15, 0.2) is 22.3 Å². The fourth-order valence-electron chi connectivity index (χ4n) is 10.3. The average Bonchev–Trinajstić information content (AvgIpc) is 1.60. The second-order valence-corrected chi connectivity index (χ2v) is 21.2. The number of hydrogen-bond donors (Lipinski definition) is 0. The third kappa shape index (κ3) is 8.23. The molecule has 13 rings (SSSR count). The van der Waals surface area contributed by atoms with Gasteiger partial charge in [0.2, 0.25) is 0 Å². The van der Waals surface area contributed by atoms with Crippen molar-refractivity contribution in [2.45, 2.75) is 52.4 Å². The van der Waals surface area contributed by atoms with Crippen LogP contribution in [0.25, 0.3) is 106 Å². The minimum absolute atomic E-state index is 0.111. The van der Waals surface area contributed by atoms with Crippen LogP contribution in [-0.2, 0) is 10.8 Å². The molecule has 0 unspecified atom stereocenters. The zero-order valence-electron chi connectivity index (χ0n) is 52.8. The molecule has 368 valence electrons. The lowest BCUT2D eigenvalue weighted by Gasteiger charge is -2.24. The summed E-state index contributed by atoms with van der Waals surface area (Å²) in [6, 6.07) is 50.3. The van der Waals surface area contributed by atoms with Crippen LogP contribution in [0.4, 0.5) is 0 Å². The fraction of sp³-hybridized carbons (Fsp3) is 0.114. The van der Waals surface area contributed by atoms with Gasteiger partial charge < -0.3 is 9.15 Å². The number of benzene rings is 10. The zero-order valence-corrected chi connectivity index (χ0v) is 42.8. The molecule has 0 saturated heterocycles. The standard InChI is InChI=1S/C70H57N4O2/c1-69(2,3)50-37-38-60(57(42-50)48-27-14-9-15-28-48)74-61-33-18-17-32-59(61)71-68(74)49-39-51(70(4,5)6)41-52(40-49)75-53-43-58-56-29-16-21-36-65(56)76-67(58)64(44-53)72-45-73(63-35-20-19-34-62(63)72)66-54(46-23-10-7-11-24-46)30-22-31-55(66)47-25-12-8-13-26-47/h7-45H,1-6H3/q+1/i7D,8D,10D,11D,12D,13D,23D,24D,25D,26D. The Bertz CT molecular complexity index is 4810. The molecule has 0 saturated carbocycles. The lowest BCUT2D eigenvalue weighted by molar-refractivity contribution is -0.566. The molecule has 0 aliphatic carbocycles. The highest BCUT2D eigenvalue weighted by Crippen LogP contribution is 2.43. The van der Waals surface area contributed by atoms with Gasteiger partial charge in [-0.2, -0.15) is 9.13 Å². The van der Waals surface area contributed by atoms with Gasteiger partial charge in [0.25, 0.3) is 6.33 Å². The van der Waals surface area contributed by atoms with Crippen LogP contribution in [0, 0.1) is 0 Å². The van der Waals surface area contributed by atoms with Crippen LogP contribution in [-0.4, -0.2) is 14.1 Å². The lowest BCUT2D eigenvalue weighted by Crippen LogP contribution is -2.30. The maximum Gasteiger partial charge on any atom is 0.255 e. The molecule has 13 aromatic rings. The Balaban J connectivity index is 1.05. The normalized spacial score (nSPS) is 13.9. The second kappa shape index (κ2) is 18.3. The average molecular weight is 996 g/mol. The number of furan rings is 1. The van der Waals surface area contributed by atoms with Gasteiger partial charge in [-0.15, -0.1) is 0 Å². The summed E-state index contributed by atoms with van der Waals surface area (Å²) in [6.45, 7) is 13.2. The predicted octanol–water partition coefficient (Wildman–Crippen LogP) is 18.2. The Morgan fingerprint density at radius 1 is 0.500 bits per heavy atom. The number of aromatic nitrogens is 4. The number of nitrogens with zero attached hydrogens (tertiary/aromatic N) is 4. The van der Waals surface area contributed by atoms with Crippen molar-refractivity contribution in [1.82, 2.24) is 14.1 Å². The number of fused-ring (bicyclic) bond motifs is 5. The number of ether oxygens (including phenoxy) is 1. The first-order chi connectivity index (χ1) is 41.1. The molecule has 0 bridgehead atoms. The highest BCUT2D eigenvalue weighted by atomic mass is 16.5. The van der Waals surface area contributed by atoms with Crippen LogP contribution in [0.2, 0.25) is 0 Å². The van der Waals surface area contributed by atoms with Crippen molar-refractivity contribution in [3.63, 3.8) is 0 Å². The highest BCUT2D eigenvalue weighted by Gasteiger charge is 2.29. The van der Waals surface area contributed by atoms with Crippen LogP contribution >= 0.6 is 0 Å². The summed E-state index contributed by atoms with van der Waals surface area (Å²) in [7, 11) is 0. The van der Waals surface area contributed by atoms with Crippen LogP contribution in [0.5, 0.6) is 11.5 Å². The Labute approximate surface area is 457 Å². The summed E-state index contributed by atoms with van der Waals surface area (Å²) < 4.78 is 109. The molecule has 0 fully saturated rings. The molecule has 0 aliphatic heterocycles. The van der Waals surface area contributed by atoms with Gasteiger partial charge in [-0.25, -0.2) is 4.98 Å². The highest BCUT2D eigenvalue weighted by molar-refractivity contribution is 6.08. The number of para-hydroxylation sites is 6. The van der Waals surface area contributed by atoms with Gasteiger partial charge in [0.05, 0.1) is 30.4 Å². The lowest BCUT2D eigenvalue weighted by atomic mass is 9.84. The monoisotopic (exact) mass is 996 g/mol. The van der Waals surface area contributed by atoms with E-state index in [0.29, 0.717) is 39.4 Å². The molecular formula is C70H57N4O2+. The molecule has 6 heteroatoms. The minimum Gasteiger partial charge on any atom is -0.457 e. The largest absolute Gasteiger partial charge is 0.457 e. The number of imidazole rings is 2. The maximum atomic E-state index is 9.22. The van der Waals surface area contributed by atoms with Gasteiger partial charge in [0.1, 0.15) is 28.6 Å². The molecule has 0 atom stereocenters. The SMILES string of the molecule is [2H]c1c([2H])c([2H])c(-c2cccc(-c3c([2H])c([2H])c([2H])c([2H])c3[2H])c2-[n+]2cn(-c3cc(Oc4cc(-c5nc6ccccc6n5-c5ccc(C(C)(C)C)cc5-c5ccccc5)cc(C(C)(C)C)c4)cc4c3oc3ccccc34)c3ccccc32)c([2H])c1[2H]. The van der Waals surface area contributed by atoms with E-state index >= 15 is 0 Å². The summed E-state index contributed by atoms with van der Waals surface area (Å²) in [4.78, 5) is 5.40. The number of rotatable bonds is 9. The molecule has 0 amide bonds. The molecule has 10 aromatic carbocycles.